The van der Waals surface area contributed by atoms with Gasteiger partial charge in [0, 0.05) is 6.20 Å². The number of ether oxygens (including phenoxy) is 1. The molecule has 0 bridgehead atoms. The molecule has 1 fully saturated rings. The van der Waals surface area contributed by atoms with Crippen LogP contribution in [0.25, 0.3) is 0 Å². The molecule has 0 unspecified atom stereocenters. The number of rotatable bonds is 2. The Balaban J connectivity index is 2.06. The lowest BCUT2D eigenvalue weighted by Crippen LogP contribution is -2.24. The van der Waals surface area contributed by atoms with Crippen LogP contribution < -0.4 is 4.74 Å². The van der Waals surface area contributed by atoms with Gasteiger partial charge in [-0.15, -0.1) is 0 Å². The first-order chi connectivity index (χ1) is 5.86. The smallest absolute Gasteiger partial charge is 0.171 e. The zero-order valence-corrected chi connectivity index (χ0v) is 7.42. The molecule has 0 aliphatic heterocycles. The Kier molecular flexibility index (Phi) is 2.17. The summed E-state index contributed by atoms with van der Waals surface area (Å²) in [6.45, 7) is 0. The van der Waals surface area contributed by atoms with Gasteiger partial charge in [-0.05, 0) is 31.4 Å². The van der Waals surface area contributed by atoms with Gasteiger partial charge in [-0.3, -0.25) is 0 Å². The fourth-order valence-electron chi connectivity index (χ4n) is 1.13. The molecule has 0 spiro atoms. The largest absolute Gasteiger partial charge is 0.487 e. The molecule has 1 heterocycles. The molecule has 1 aromatic rings. The van der Waals surface area contributed by atoms with Crippen molar-refractivity contribution in [3.05, 3.63) is 23.5 Å². The van der Waals surface area contributed by atoms with Crippen molar-refractivity contribution in [3.8, 4) is 5.75 Å². The third-order valence-corrected chi connectivity index (χ3v) is 2.35. The summed E-state index contributed by atoms with van der Waals surface area (Å²) < 4.78 is 5.59. The third-order valence-electron chi connectivity index (χ3n) is 2.07. The topological polar surface area (TPSA) is 22.1 Å². The van der Waals surface area contributed by atoms with Crippen molar-refractivity contribution in [2.75, 3.05) is 0 Å². The molecule has 64 valence electrons. The highest BCUT2D eigenvalue weighted by atomic mass is 35.5. The molecule has 1 saturated carbocycles. The molecule has 2 nitrogen and oxygen atoms in total. The van der Waals surface area contributed by atoms with E-state index < -0.39 is 0 Å². The molecular formula is C9H10ClNO. The van der Waals surface area contributed by atoms with Gasteiger partial charge < -0.3 is 4.74 Å². The summed E-state index contributed by atoms with van der Waals surface area (Å²) in [5.74, 6) is 0.712. The van der Waals surface area contributed by atoms with Gasteiger partial charge in [0.2, 0.25) is 0 Å². The molecule has 3 heteroatoms. The van der Waals surface area contributed by atoms with Crippen molar-refractivity contribution in [3.63, 3.8) is 0 Å². The Morgan fingerprint density at radius 1 is 1.50 bits per heavy atom. The van der Waals surface area contributed by atoms with Crippen LogP contribution in [0.3, 0.4) is 0 Å². The first-order valence-electron chi connectivity index (χ1n) is 4.13. The average molecular weight is 184 g/mol. The van der Waals surface area contributed by atoms with E-state index in [4.69, 9.17) is 16.3 Å². The summed E-state index contributed by atoms with van der Waals surface area (Å²) in [5.41, 5.74) is 0. The van der Waals surface area contributed by atoms with E-state index in [-0.39, 0.29) is 0 Å². The Morgan fingerprint density at radius 3 is 2.92 bits per heavy atom. The zero-order valence-electron chi connectivity index (χ0n) is 6.66. The number of hydrogen-bond donors (Lipinski definition) is 0. The third kappa shape index (κ3) is 1.53. The lowest BCUT2D eigenvalue weighted by atomic mass is 9.96. The highest BCUT2D eigenvalue weighted by Gasteiger charge is 2.19. The van der Waals surface area contributed by atoms with Gasteiger partial charge in [0.15, 0.2) is 10.9 Å². The van der Waals surface area contributed by atoms with Gasteiger partial charge in [0.25, 0.3) is 0 Å². The summed E-state index contributed by atoms with van der Waals surface area (Å²) >= 11 is 5.81. The van der Waals surface area contributed by atoms with Crippen LogP contribution in [-0.2, 0) is 0 Å². The van der Waals surface area contributed by atoms with Crippen molar-refractivity contribution in [1.29, 1.82) is 0 Å². The molecule has 0 N–H and O–H groups in total. The first-order valence-corrected chi connectivity index (χ1v) is 4.51. The number of aromatic nitrogens is 1. The monoisotopic (exact) mass is 183 g/mol. The molecule has 1 aliphatic carbocycles. The van der Waals surface area contributed by atoms with Crippen LogP contribution in [0.2, 0.25) is 5.15 Å². The fraction of sp³-hybridized carbons (Fsp3) is 0.444. The van der Waals surface area contributed by atoms with Crippen LogP contribution in [0.15, 0.2) is 18.3 Å². The summed E-state index contributed by atoms with van der Waals surface area (Å²) in [6.07, 6.45) is 5.58. The number of nitrogens with zero attached hydrogens (tertiary/aromatic N) is 1. The van der Waals surface area contributed by atoms with E-state index in [1.807, 2.05) is 12.1 Å². The molecule has 12 heavy (non-hydrogen) atoms. The lowest BCUT2D eigenvalue weighted by molar-refractivity contribution is 0.120. The lowest BCUT2D eigenvalue weighted by Gasteiger charge is -2.26. The summed E-state index contributed by atoms with van der Waals surface area (Å²) in [7, 11) is 0. The molecule has 0 amide bonds. The first kappa shape index (κ1) is 7.87. The van der Waals surface area contributed by atoms with E-state index in [1.54, 1.807) is 6.20 Å². The molecule has 1 aromatic heterocycles. The van der Waals surface area contributed by atoms with Crippen LogP contribution in [0.1, 0.15) is 19.3 Å². The van der Waals surface area contributed by atoms with Crippen LogP contribution >= 0.6 is 11.6 Å². The maximum Gasteiger partial charge on any atom is 0.171 e. The van der Waals surface area contributed by atoms with Gasteiger partial charge in [0.1, 0.15) is 0 Å². The minimum Gasteiger partial charge on any atom is -0.487 e. The summed E-state index contributed by atoms with van der Waals surface area (Å²) in [5, 5.41) is 0.462. The second-order valence-corrected chi connectivity index (χ2v) is 3.32. The van der Waals surface area contributed by atoms with Gasteiger partial charge in [-0.2, -0.15) is 0 Å². The number of halogens is 1. The quantitative estimate of drug-likeness (QED) is 0.658. The Hall–Kier alpha value is -0.760. The molecule has 0 radical (unpaired) electrons. The normalized spacial score (nSPS) is 17.1. The molecule has 1 aliphatic rings. The van der Waals surface area contributed by atoms with Gasteiger partial charge >= 0.3 is 0 Å². The van der Waals surface area contributed by atoms with Crippen molar-refractivity contribution in [2.45, 2.75) is 25.4 Å². The highest BCUT2D eigenvalue weighted by molar-refractivity contribution is 6.30. The minimum absolute atomic E-state index is 0.367. The van der Waals surface area contributed by atoms with E-state index in [1.165, 1.54) is 6.42 Å². The summed E-state index contributed by atoms with van der Waals surface area (Å²) in [6, 6.07) is 3.69. The van der Waals surface area contributed by atoms with Crippen molar-refractivity contribution in [2.24, 2.45) is 0 Å². The molecule has 0 atom stereocenters. The van der Waals surface area contributed by atoms with Crippen LogP contribution in [0.5, 0.6) is 5.75 Å². The van der Waals surface area contributed by atoms with E-state index in [9.17, 15) is 0 Å². The molecule has 0 aromatic carbocycles. The van der Waals surface area contributed by atoms with E-state index in [0.29, 0.717) is 17.0 Å². The summed E-state index contributed by atoms with van der Waals surface area (Å²) in [4.78, 5) is 3.93. The number of pyridine rings is 1. The van der Waals surface area contributed by atoms with Crippen LogP contribution in [0, 0.1) is 0 Å². The molecular weight excluding hydrogens is 174 g/mol. The van der Waals surface area contributed by atoms with Crippen molar-refractivity contribution in [1.82, 2.24) is 4.98 Å². The minimum atomic E-state index is 0.367. The Labute approximate surface area is 76.5 Å². The predicted octanol–water partition coefficient (Wildman–Crippen LogP) is 2.67. The maximum atomic E-state index is 5.81. The fourth-order valence-corrected chi connectivity index (χ4v) is 1.29. The zero-order chi connectivity index (χ0) is 8.39. The van der Waals surface area contributed by atoms with Crippen molar-refractivity contribution >= 4 is 11.6 Å². The van der Waals surface area contributed by atoms with Crippen LogP contribution in [-0.4, -0.2) is 11.1 Å². The van der Waals surface area contributed by atoms with Gasteiger partial charge in [0.05, 0.1) is 6.10 Å². The van der Waals surface area contributed by atoms with Crippen molar-refractivity contribution < 1.29 is 4.74 Å². The SMILES string of the molecule is Clc1ncccc1OC1CCC1. The Morgan fingerprint density at radius 2 is 2.33 bits per heavy atom. The average Bonchev–Trinajstić information content (AvgIpc) is 2.00. The Bertz CT molecular complexity index is 273. The van der Waals surface area contributed by atoms with E-state index in [2.05, 4.69) is 4.98 Å². The van der Waals surface area contributed by atoms with E-state index >= 15 is 0 Å². The molecule has 2 rings (SSSR count). The van der Waals surface area contributed by atoms with Gasteiger partial charge in [-0.25, -0.2) is 4.98 Å². The van der Waals surface area contributed by atoms with E-state index in [0.717, 1.165) is 12.8 Å². The second-order valence-electron chi connectivity index (χ2n) is 2.96. The second kappa shape index (κ2) is 3.31. The molecule has 0 saturated heterocycles. The van der Waals surface area contributed by atoms with Gasteiger partial charge in [-0.1, -0.05) is 11.6 Å². The maximum absolute atomic E-state index is 5.81. The standard InChI is InChI=1S/C9H10ClNO/c10-9-8(5-2-6-11-9)12-7-3-1-4-7/h2,5-7H,1,3-4H2. The predicted molar refractivity (Wildman–Crippen MR) is 47.5 cm³/mol. The highest BCUT2D eigenvalue weighted by Crippen LogP contribution is 2.28. The van der Waals surface area contributed by atoms with Crippen LogP contribution in [0.4, 0.5) is 0 Å². The number of hydrogen-bond acceptors (Lipinski definition) is 2.